The van der Waals surface area contributed by atoms with Gasteiger partial charge in [0.2, 0.25) is 0 Å². The molecule has 2 aromatic carbocycles. The molecular formula is C19H20N2O2. The van der Waals surface area contributed by atoms with E-state index in [0.29, 0.717) is 5.56 Å². The fraction of sp³-hybridized carbons (Fsp3) is 0.316. The quantitative estimate of drug-likeness (QED) is 0.870. The molecule has 0 spiro atoms. The smallest absolute Gasteiger partial charge is 0.161 e. The van der Waals surface area contributed by atoms with E-state index in [-0.39, 0.29) is 0 Å². The van der Waals surface area contributed by atoms with E-state index in [9.17, 15) is 0 Å². The van der Waals surface area contributed by atoms with Crippen LogP contribution in [0.3, 0.4) is 0 Å². The molecule has 0 saturated heterocycles. The molecular weight excluding hydrogens is 288 g/mol. The lowest BCUT2D eigenvalue weighted by Crippen LogP contribution is -2.30. The number of fused-ring (bicyclic) bond motifs is 1. The van der Waals surface area contributed by atoms with Crippen LogP contribution in [0.2, 0.25) is 0 Å². The van der Waals surface area contributed by atoms with Crippen molar-refractivity contribution in [1.82, 2.24) is 4.90 Å². The third-order valence-corrected chi connectivity index (χ3v) is 4.26. The molecule has 0 fully saturated rings. The van der Waals surface area contributed by atoms with Crippen LogP contribution in [-0.2, 0) is 19.5 Å². The molecule has 3 rings (SSSR count). The number of nitrogens with zero attached hydrogens (tertiary/aromatic N) is 2. The van der Waals surface area contributed by atoms with Gasteiger partial charge in [-0.05, 0) is 47.4 Å². The fourth-order valence-corrected chi connectivity index (χ4v) is 3.07. The number of benzene rings is 2. The van der Waals surface area contributed by atoms with Crippen molar-refractivity contribution >= 4 is 0 Å². The van der Waals surface area contributed by atoms with Crippen molar-refractivity contribution in [2.24, 2.45) is 0 Å². The van der Waals surface area contributed by atoms with E-state index in [1.54, 1.807) is 14.2 Å². The minimum atomic E-state index is 0.714. The Hall–Kier alpha value is -2.51. The summed E-state index contributed by atoms with van der Waals surface area (Å²) in [4.78, 5) is 2.39. The average Bonchev–Trinajstić information content (AvgIpc) is 2.60. The number of nitriles is 1. The van der Waals surface area contributed by atoms with E-state index < -0.39 is 0 Å². The van der Waals surface area contributed by atoms with Crippen molar-refractivity contribution in [1.29, 1.82) is 5.26 Å². The second kappa shape index (κ2) is 6.72. The van der Waals surface area contributed by atoms with E-state index in [2.05, 4.69) is 29.2 Å². The molecule has 4 heteroatoms. The lowest BCUT2D eigenvalue weighted by Gasteiger charge is -2.29. The topological polar surface area (TPSA) is 45.5 Å². The normalized spacial score (nSPS) is 14.0. The van der Waals surface area contributed by atoms with Gasteiger partial charge in [-0.1, -0.05) is 12.1 Å². The van der Waals surface area contributed by atoms with Crippen LogP contribution in [0.15, 0.2) is 36.4 Å². The van der Waals surface area contributed by atoms with E-state index in [0.717, 1.165) is 37.6 Å². The fourth-order valence-electron chi connectivity index (χ4n) is 3.07. The molecule has 0 bridgehead atoms. The first-order valence-electron chi connectivity index (χ1n) is 7.68. The average molecular weight is 308 g/mol. The molecule has 0 atom stereocenters. The first-order valence-corrected chi connectivity index (χ1v) is 7.68. The molecule has 0 aromatic heterocycles. The molecule has 1 aliphatic heterocycles. The summed E-state index contributed by atoms with van der Waals surface area (Å²) in [5.41, 5.74) is 4.49. The molecule has 118 valence electrons. The van der Waals surface area contributed by atoms with Crippen molar-refractivity contribution < 1.29 is 9.47 Å². The zero-order chi connectivity index (χ0) is 16.2. The molecule has 0 N–H and O–H groups in total. The van der Waals surface area contributed by atoms with Crippen LogP contribution < -0.4 is 9.47 Å². The monoisotopic (exact) mass is 308 g/mol. The zero-order valence-electron chi connectivity index (χ0n) is 13.5. The van der Waals surface area contributed by atoms with Crippen LogP contribution in [-0.4, -0.2) is 25.7 Å². The highest BCUT2D eigenvalue weighted by Crippen LogP contribution is 2.33. The van der Waals surface area contributed by atoms with Crippen LogP contribution in [0.25, 0.3) is 0 Å². The number of hydrogen-bond donors (Lipinski definition) is 0. The van der Waals surface area contributed by atoms with Crippen molar-refractivity contribution in [2.45, 2.75) is 19.5 Å². The summed E-state index contributed by atoms with van der Waals surface area (Å²) < 4.78 is 10.8. The SMILES string of the molecule is COc1cc2c(cc1OC)CN(Cc1cccc(C#N)c1)CC2. The van der Waals surface area contributed by atoms with Gasteiger partial charge < -0.3 is 9.47 Å². The molecule has 0 unspecified atom stereocenters. The molecule has 4 nitrogen and oxygen atoms in total. The maximum absolute atomic E-state index is 9.02. The third-order valence-electron chi connectivity index (χ3n) is 4.26. The molecule has 0 amide bonds. The van der Waals surface area contributed by atoms with Gasteiger partial charge in [0.15, 0.2) is 11.5 Å². The third kappa shape index (κ3) is 3.30. The van der Waals surface area contributed by atoms with Crippen molar-refractivity contribution in [3.63, 3.8) is 0 Å². The molecule has 0 aliphatic carbocycles. The molecule has 0 saturated carbocycles. The largest absolute Gasteiger partial charge is 0.493 e. The van der Waals surface area contributed by atoms with Gasteiger partial charge in [-0.3, -0.25) is 4.90 Å². The van der Waals surface area contributed by atoms with Crippen molar-refractivity contribution in [3.8, 4) is 17.6 Å². The van der Waals surface area contributed by atoms with Crippen LogP contribution in [0, 0.1) is 11.3 Å². The lowest BCUT2D eigenvalue weighted by atomic mass is 9.98. The number of methoxy groups -OCH3 is 2. The second-order valence-electron chi connectivity index (χ2n) is 5.75. The summed E-state index contributed by atoms with van der Waals surface area (Å²) >= 11 is 0. The van der Waals surface area contributed by atoms with Gasteiger partial charge in [0.1, 0.15) is 0 Å². The zero-order valence-corrected chi connectivity index (χ0v) is 13.5. The minimum absolute atomic E-state index is 0.714. The van der Waals surface area contributed by atoms with Crippen molar-refractivity contribution in [2.75, 3.05) is 20.8 Å². The van der Waals surface area contributed by atoms with Gasteiger partial charge in [-0.2, -0.15) is 5.26 Å². The van der Waals surface area contributed by atoms with Gasteiger partial charge in [0.05, 0.1) is 25.9 Å². The first-order chi connectivity index (χ1) is 11.2. The number of hydrogen-bond acceptors (Lipinski definition) is 4. The molecule has 1 heterocycles. The lowest BCUT2D eigenvalue weighted by molar-refractivity contribution is 0.244. The van der Waals surface area contributed by atoms with Gasteiger partial charge >= 0.3 is 0 Å². The van der Waals surface area contributed by atoms with Crippen LogP contribution in [0.4, 0.5) is 0 Å². The molecule has 23 heavy (non-hydrogen) atoms. The van der Waals surface area contributed by atoms with Gasteiger partial charge in [-0.15, -0.1) is 0 Å². The van der Waals surface area contributed by atoms with Gasteiger partial charge in [0, 0.05) is 19.6 Å². The Labute approximate surface area is 136 Å². The van der Waals surface area contributed by atoms with Crippen LogP contribution in [0.1, 0.15) is 22.3 Å². The minimum Gasteiger partial charge on any atom is -0.493 e. The van der Waals surface area contributed by atoms with E-state index in [1.165, 1.54) is 16.7 Å². The predicted octanol–water partition coefficient (Wildman–Crippen LogP) is 3.13. The maximum atomic E-state index is 9.02. The molecule has 1 aliphatic rings. The maximum Gasteiger partial charge on any atom is 0.161 e. The Morgan fingerprint density at radius 1 is 1.09 bits per heavy atom. The standard InChI is InChI=1S/C19H20N2O2/c1-22-18-9-16-6-7-21(13-17(16)10-19(18)23-2)12-15-5-3-4-14(8-15)11-20/h3-5,8-10H,6-7,12-13H2,1-2H3. The summed E-state index contributed by atoms with van der Waals surface area (Å²) in [6, 6.07) is 14.2. The summed E-state index contributed by atoms with van der Waals surface area (Å²) in [6.07, 6.45) is 0.994. The van der Waals surface area contributed by atoms with E-state index in [1.807, 2.05) is 18.2 Å². The predicted molar refractivity (Wildman–Crippen MR) is 88.5 cm³/mol. The Kier molecular flexibility index (Phi) is 4.50. The van der Waals surface area contributed by atoms with Crippen molar-refractivity contribution in [3.05, 3.63) is 58.7 Å². The summed E-state index contributed by atoms with van der Waals surface area (Å²) in [7, 11) is 3.33. The highest BCUT2D eigenvalue weighted by molar-refractivity contribution is 5.48. The summed E-state index contributed by atoms with van der Waals surface area (Å²) in [6.45, 7) is 2.73. The second-order valence-corrected chi connectivity index (χ2v) is 5.75. The van der Waals surface area contributed by atoms with E-state index >= 15 is 0 Å². The Balaban J connectivity index is 1.78. The molecule has 0 radical (unpaired) electrons. The number of ether oxygens (including phenoxy) is 2. The Bertz CT molecular complexity index is 750. The highest BCUT2D eigenvalue weighted by Gasteiger charge is 2.19. The summed E-state index contributed by atoms with van der Waals surface area (Å²) in [5, 5.41) is 9.02. The van der Waals surface area contributed by atoms with E-state index in [4.69, 9.17) is 14.7 Å². The molecule has 2 aromatic rings. The van der Waals surface area contributed by atoms with Gasteiger partial charge in [-0.25, -0.2) is 0 Å². The van der Waals surface area contributed by atoms with Crippen LogP contribution >= 0.6 is 0 Å². The van der Waals surface area contributed by atoms with Gasteiger partial charge in [0.25, 0.3) is 0 Å². The summed E-state index contributed by atoms with van der Waals surface area (Å²) in [5.74, 6) is 1.57. The van der Waals surface area contributed by atoms with Crippen LogP contribution in [0.5, 0.6) is 11.5 Å². The Morgan fingerprint density at radius 2 is 1.83 bits per heavy atom. The highest BCUT2D eigenvalue weighted by atomic mass is 16.5. The first kappa shape index (κ1) is 15.4. The Morgan fingerprint density at radius 3 is 2.52 bits per heavy atom. The number of rotatable bonds is 4.